The van der Waals surface area contributed by atoms with Crippen molar-refractivity contribution in [1.82, 2.24) is 5.32 Å². The van der Waals surface area contributed by atoms with Gasteiger partial charge in [0.1, 0.15) is 17.0 Å². The number of halogens is 4. The summed E-state index contributed by atoms with van der Waals surface area (Å²) in [7, 11) is 0. The van der Waals surface area contributed by atoms with E-state index < -0.39 is 46.7 Å². The van der Waals surface area contributed by atoms with Gasteiger partial charge in [-0.3, -0.25) is 0 Å². The maximum Gasteiger partial charge on any atom is 0.416 e. The number of carboxylic acids is 1. The van der Waals surface area contributed by atoms with Crippen molar-refractivity contribution in [2.24, 2.45) is 5.92 Å². The molecule has 2 N–H and O–H groups in total. The monoisotopic (exact) mass is 529 g/mol. The Hall–Kier alpha value is -2.75. The Bertz CT molecular complexity index is 1080. The first-order valence-corrected chi connectivity index (χ1v) is 12.2. The quantitative estimate of drug-likeness (QED) is 0.333. The van der Waals surface area contributed by atoms with Crippen LogP contribution >= 0.6 is 11.8 Å². The lowest BCUT2D eigenvalue weighted by Crippen LogP contribution is -2.58. The smallest absolute Gasteiger partial charge is 0.416 e. The van der Waals surface area contributed by atoms with Crippen molar-refractivity contribution in [3.8, 4) is 0 Å². The van der Waals surface area contributed by atoms with E-state index in [4.69, 9.17) is 4.74 Å². The van der Waals surface area contributed by atoms with Crippen LogP contribution in [-0.4, -0.2) is 28.3 Å². The lowest BCUT2D eigenvalue weighted by molar-refractivity contribution is -0.146. The van der Waals surface area contributed by atoms with E-state index in [1.807, 2.05) is 0 Å². The van der Waals surface area contributed by atoms with Crippen LogP contribution in [0.2, 0.25) is 0 Å². The second kappa shape index (κ2) is 11.5. The van der Waals surface area contributed by atoms with E-state index in [-0.39, 0.29) is 12.8 Å². The van der Waals surface area contributed by atoms with E-state index in [0.717, 1.165) is 23.9 Å². The Balaban J connectivity index is 2.13. The van der Waals surface area contributed by atoms with Crippen molar-refractivity contribution in [3.05, 3.63) is 59.4 Å². The van der Waals surface area contributed by atoms with Gasteiger partial charge in [-0.05, 0) is 82.3 Å². The molecule has 0 bridgehead atoms. The fourth-order valence-electron chi connectivity index (χ4n) is 3.74. The summed E-state index contributed by atoms with van der Waals surface area (Å²) in [6.45, 7) is 8.19. The molecule has 1 unspecified atom stereocenters. The fourth-order valence-corrected chi connectivity index (χ4v) is 4.65. The van der Waals surface area contributed by atoms with Gasteiger partial charge in [0.05, 0.1) is 5.56 Å². The molecule has 0 heterocycles. The molecule has 2 aromatic rings. The lowest BCUT2D eigenvalue weighted by Gasteiger charge is -2.35. The number of hydrogen-bond donors (Lipinski definition) is 2. The van der Waals surface area contributed by atoms with Gasteiger partial charge < -0.3 is 15.2 Å². The first-order chi connectivity index (χ1) is 16.5. The van der Waals surface area contributed by atoms with Crippen LogP contribution in [-0.2, 0) is 22.1 Å². The highest BCUT2D eigenvalue weighted by Crippen LogP contribution is 2.35. The van der Waals surface area contributed by atoms with E-state index in [2.05, 4.69) is 5.32 Å². The van der Waals surface area contributed by atoms with Gasteiger partial charge in [0.25, 0.3) is 0 Å². The number of benzene rings is 2. The molecule has 0 spiro atoms. The molecule has 0 aromatic heterocycles. The number of rotatable bonds is 9. The molecule has 1 amide bonds. The Labute approximate surface area is 212 Å². The minimum Gasteiger partial charge on any atom is -0.480 e. The van der Waals surface area contributed by atoms with Gasteiger partial charge in [-0.15, -0.1) is 0 Å². The summed E-state index contributed by atoms with van der Waals surface area (Å²) < 4.78 is 58.9. The molecular weight excluding hydrogens is 498 g/mol. The maximum atomic E-state index is 14.8. The number of ether oxygens (including phenoxy) is 1. The Kier molecular flexibility index (Phi) is 9.45. The molecule has 2 rings (SSSR count). The second-order valence-electron chi connectivity index (χ2n) is 9.66. The molecule has 0 saturated heterocycles. The Morgan fingerprint density at radius 2 is 1.69 bits per heavy atom. The van der Waals surface area contributed by atoms with Crippen LogP contribution in [0.4, 0.5) is 22.4 Å². The standard InChI is InChI=1S/C26H31F4NO4S/c1-6-17(25(5,22(32)33)31-23(34)35-24(2,3)4)12-10-16-11-13-20(15-21(16)27)36-19-9-7-8-18(14-19)26(28,29)30/h7-9,11,13-15,17H,6,10,12H2,1-5H3,(H,31,34)(H,32,33)/t17?,25-/m1/s1. The fraction of sp³-hybridized carbons (Fsp3) is 0.462. The van der Waals surface area contributed by atoms with Crippen molar-refractivity contribution >= 4 is 23.8 Å². The highest BCUT2D eigenvalue weighted by atomic mass is 32.2. The molecule has 10 heteroatoms. The third-order valence-electron chi connectivity index (χ3n) is 5.70. The van der Waals surface area contributed by atoms with Gasteiger partial charge in [-0.1, -0.05) is 37.2 Å². The van der Waals surface area contributed by atoms with Gasteiger partial charge in [0.15, 0.2) is 0 Å². The van der Waals surface area contributed by atoms with E-state index in [9.17, 15) is 32.3 Å². The number of nitrogens with one attached hydrogen (secondary N) is 1. The zero-order valence-corrected chi connectivity index (χ0v) is 21.6. The number of carbonyl (C=O) groups excluding carboxylic acids is 1. The SMILES string of the molecule is CCC(CCc1ccc(Sc2cccc(C(F)(F)F)c2)cc1F)[C@@](C)(NC(=O)OC(C)(C)C)C(=O)O. The first kappa shape index (κ1) is 29.5. The predicted octanol–water partition coefficient (Wildman–Crippen LogP) is 7.32. The summed E-state index contributed by atoms with van der Waals surface area (Å²) in [5.41, 5.74) is -2.88. The van der Waals surface area contributed by atoms with Crippen molar-refractivity contribution in [2.45, 2.75) is 81.0 Å². The summed E-state index contributed by atoms with van der Waals surface area (Å²) in [5, 5.41) is 12.3. The van der Waals surface area contributed by atoms with Gasteiger partial charge >= 0.3 is 18.2 Å². The van der Waals surface area contributed by atoms with Crippen LogP contribution in [0.1, 0.15) is 58.6 Å². The molecule has 5 nitrogen and oxygen atoms in total. The number of carboxylic acid groups (broad SMARTS) is 1. The third-order valence-corrected chi connectivity index (χ3v) is 6.68. The summed E-state index contributed by atoms with van der Waals surface area (Å²) in [6, 6.07) is 9.19. The molecule has 0 fully saturated rings. The molecule has 2 aromatic carbocycles. The highest BCUT2D eigenvalue weighted by Gasteiger charge is 2.42. The van der Waals surface area contributed by atoms with Crippen molar-refractivity contribution in [1.29, 1.82) is 0 Å². The number of hydrogen-bond acceptors (Lipinski definition) is 4. The molecular formula is C26H31F4NO4S. The predicted molar refractivity (Wildman–Crippen MR) is 129 cm³/mol. The normalized spacial score (nSPS) is 14.6. The van der Waals surface area contributed by atoms with Gasteiger partial charge in [0.2, 0.25) is 0 Å². The molecule has 0 aliphatic carbocycles. The molecule has 0 saturated carbocycles. The number of carbonyl (C=O) groups is 2. The number of amides is 1. The maximum absolute atomic E-state index is 14.8. The van der Waals surface area contributed by atoms with Crippen LogP contribution < -0.4 is 5.32 Å². The number of aliphatic carboxylic acids is 1. The molecule has 0 aliphatic rings. The van der Waals surface area contributed by atoms with E-state index in [1.54, 1.807) is 33.8 Å². The van der Waals surface area contributed by atoms with E-state index in [1.165, 1.54) is 31.2 Å². The molecule has 198 valence electrons. The molecule has 36 heavy (non-hydrogen) atoms. The topological polar surface area (TPSA) is 75.6 Å². The summed E-state index contributed by atoms with van der Waals surface area (Å²) in [6.07, 6.45) is -4.44. The number of aryl methyl sites for hydroxylation is 1. The Morgan fingerprint density at radius 1 is 1.06 bits per heavy atom. The average Bonchev–Trinajstić information content (AvgIpc) is 2.73. The van der Waals surface area contributed by atoms with Crippen LogP contribution in [0.25, 0.3) is 0 Å². The largest absolute Gasteiger partial charge is 0.480 e. The van der Waals surface area contributed by atoms with Gasteiger partial charge in [-0.2, -0.15) is 13.2 Å². The van der Waals surface area contributed by atoms with Crippen molar-refractivity contribution < 1.29 is 37.0 Å². The second-order valence-corrected chi connectivity index (χ2v) is 10.8. The average molecular weight is 530 g/mol. The molecule has 2 atom stereocenters. The highest BCUT2D eigenvalue weighted by molar-refractivity contribution is 7.99. The molecule has 0 radical (unpaired) electrons. The van der Waals surface area contributed by atoms with Crippen LogP contribution in [0.5, 0.6) is 0 Å². The van der Waals surface area contributed by atoms with E-state index >= 15 is 0 Å². The summed E-state index contributed by atoms with van der Waals surface area (Å²) >= 11 is 1.01. The third kappa shape index (κ3) is 8.15. The zero-order valence-electron chi connectivity index (χ0n) is 20.8. The summed E-state index contributed by atoms with van der Waals surface area (Å²) in [4.78, 5) is 25.1. The lowest BCUT2D eigenvalue weighted by atomic mass is 9.80. The van der Waals surface area contributed by atoms with Crippen LogP contribution in [0.15, 0.2) is 52.3 Å². The van der Waals surface area contributed by atoms with Gasteiger partial charge in [0, 0.05) is 9.79 Å². The van der Waals surface area contributed by atoms with Gasteiger partial charge in [-0.25, -0.2) is 14.0 Å². The van der Waals surface area contributed by atoms with Crippen LogP contribution in [0.3, 0.4) is 0 Å². The van der Waals surface area contributed by atoms with Crippen LogP contribution in [0, 0.1) is 11.7 Å². The first-order valence-electron chi connectivity index (χ1n) is 11.4. The minimum absolute atomic E-state index is 0.206. The van der Waals surface area contributed by atoms with Crippen molar-refractivity contribution in [3.63, 3.8) is 0 Å². The minimum atomic E-state index is -4.47. The summed E-state index contributed by atoms with van der Waals surface area (Å²) in [5.74, 6) is -2.30. The van der Waals surface area contributed by atoms with E-state index in [0.29, 0.717) is 21.8 Å². The van der Waals surface area contributed by atoms with Crippen molar-refractivity contribution in [2.75, 3.05) is 0 Å². The number of alkyl carbamates (subject to hydrolysis) is 1. The zero-order chi connectivity index (χ0) is 27.3. The number of alkyl halides is 3. The Morgan fingerprint density at radius 3 is 2.22 bits per heavy atom. The molecule has 0 aliphatic heterocycles.